The Hall–Kier alpha value is -2.15. The van der Waals surface area contributed by atoms with Crippen LogP contribution < -0.4 is 4.90 Å². The number of rotatable bonds is 5. The number of hydrogen-bond acceptors (Lipinski definition) is 3. The van der Waals surface area contributed by atoms with Crippen LogP contribution in [-0.2, 0) is 11.0 Å². The predicted molar refractivity (Wildman–Crippen MR) is 102 cm³/mol. The molecule has 27 heavy (non-hydrogen) atoms. The van der Waals surface area contributed by atoms with Gasteiger partial charge in [0.05, 0.1) is 16.9 Å². The van der Waals surface area contributed by atoms with E-state index in [2.05, 4.69) is 0 Å². The molecule has 0 saturated carbocycles. The highest BCUT2D eigenvalue weighted by molar-refractivity contribution is 7.99. The van der Waals surface area contributed by atoms with Crippen molar-refractivity contribution in [3.63, 3.8) is 0 Å². The van der Waals surface area contributed by atoms with Gasteiger partial charge in [0, 0.05) is 36.9 Å². The van der Waals surface area contributed by atoms with E-state index in [0.29, 0.717) is 31.5 Å². The van der Waals surface area contributed by atoms with Crippen LogP contribution in [0.1, 0.15) is 24.8 Å². The third-order valence-corrected chi connectivity index (χ3v) is 5.60. The third-order valence-electron chi connectivity index (χ3n) is 4.47. The number of carbonyl (C=O) groups is 1. The summed E-state index contributed by atoms with van der Waals surface area (Å²) in [6.45, 7) is 0.562. The van der Waals surface area contributed by atoms with Gasteiger partial charge >= 0.3 is 6.18 Å². The number of hydrogen-bond donors (Lipinski definition) is 0. The van der Waals surface area contributed by atoms with E-state index in [1.54, 1.807) is 25.1 Å². The van der Waals surface area contributed by atoms with Gasteiger partial charge in [-0.1, -0.05) is 23.9 Å². The van der Waals surface area contributed by atoms with Crippen molar-refractivity contribution in [2.45, 2.75) is 35.2 Å². The molecular weight excluding hydrogens is 373 g/mol. The molecule has 0 unspecified atom stereocenters. The molecule has 144 valence electrons. The second-order valence-corrected chi connectivity index (χ2v) is 7.73. The maximum atomic E-state index is 13.2. The fourth-order valence-electron chi connectivity index (χ4n) is 3.02. The van der Waals surface area contributed by atoms with E-state index in [4.69, 9.17) is 0 Å². The van der Waals surface area contributed by atoms with E-state index in [0.717, 1.165) is 21.5 Å². The van der Waals surface area contributed by atoms with E-state index in [1.165, 1.54) is 17.8 Å². The number of benzene rings is 2. The molecule has 0 bridgehead atoms. The van der Waals surface area contributed by atoms with Crippen LogP contribution in [0.2, 0.25) is 0 Å². The first kappa shape index (κ1) is 19.6. The zero-order chi connectivity index (χ0) is 19.6. The Morgan fingerprint density at radius 1 is 1.04 bits per heavy atom. The lowest BCUT2D eigenvalue weighted by Gasteiger charge is -2.33. The molecule has 3 rings (SSSR count). The van der Waals surface area contributed by atoms with E-state index in [9.17, 15) is 18.0 Å². The summed E-state index contributed by atoms with van der Waals surface area (Å²) in [7, 11) is 3.44. The summed E-state index contributed by atoms with van der Waals surface area (Å²) >= 11 is 1.48. The number of unbranched alkanes of at least 4 members (excludes halogenated alkanes) is 1. The molecule has 0 spiro atoms. The highest BCUT2D eigenvalue weighted by atomic mass is 32.2. The predicted octanol–water partition coefficient (Wildman–Crippen LogP) is 5.57. The molecule has 2 aromatic rings. The number of carbonyl (C=O) groups excluding carboxylic acids is 1. The first-order valence-electron chi connectivity index (χ1n) is 8.73. The van der Waals surface area contributed by atoms with Gasteiger partial charge in [-0.05, 0) is 43.2 Å². The average molecular weight is 394 g/mol. The topological polar surface area (TPSA) is 23.6 Å². The van der Waals surface area contributed by atoms with Gasteiger partial charge in [0.2, 0.25) is 5.91 Å². The first-order chi connectivity index (χ1) is 12.8. The minimum absolute atomic E-state index is 0.0596. The van der Waals surface area contributed by atoms with Crippen LogP contribution in [0.5, 0.6) is 0 Å². The monoisotopic (exact) mass is 394 g/mol. The molecule has 7 heteroatoms. The second-order valence-electron chi connectivity index (χ2n) is 6.65. The fourth-order valence-corrected chi connectivity index (χ4v) is 4.09. The van der Waals surface area contributed by atoms with Crippen LogP contribution in [0, 0.1) is 0 Å². The number of fused-ring (bicyclic) bond motifs is 2. The maximum absolute atomic E-state index is 13.2. The van der Waals surface area contributed by atoms with Crippen molar-refractivity contribution in [3.05, 3.63) is 48.0 Å². The van der Waals surface area contributed by atoms with Crippen LogP contribution in [0.3, 0.4) is 0 Å². The second kappa shape index (κ2) is 7.84. The maximum Gasteiger partial charge on any atom is 0.416 e. The molecule has 1 aliphatic rings. The normalized spacial score (nSPS) is 13.1. The molecule has 0 atom stereocenters. The Morgan fingerprint density at radius 3 is 2.44 bits per heavy atom. The van der Waals surface area contributed by atoms with Crippen LogP contribution >= 0.6 is 11.8 Å². The summed E-state index contributed by atoms with van der Waals surface area (Å²) in [4.78, 5) is 17.1. The van der Waals surface area contributed by atoms with Crippen LogP contribution in [0.15, 0.2) is 52.3 Å². The van der Waals surface area contributed by atoms with Crippen molar-refractivity contribution >= 4 is 29.0 Å². The van der Waals surface area contributed by atoms with E-state index >= 15 is 0 Å². The highest BCUT2D eigenvalue weighted by Crippen LogP contribution is 2.49. The van der Waals surface area contributed by atoms with E-state index in [1.807, 2.05) is 29.2 Å². The minimum atomic E-state index is -4.37. The Morgan fingerprint density at radius 2 is 1.74 bits per heavy atom. The van der Waals surface area contributed by atoms with E-state index < -0.39 is 11.7 Å². The zero-order valence-electron chi connectivity index (χ0n) is 15.2. The summed E-state index contributed by atoms with van der Waals surface area (Å²) in [6.07, 6.45) is -2.53. The molecule has 0 aliphatic carbocycles. The molecule has 0 aromatic heterocycles. The van der Waals surface area contributed by atoms with Gasteiger partial charge in [0.1, 0.15) is 0 Å². The van der Waals surface area contributed by atoms with Crippen molar-refractivity contribution in [1.82, 2.24) is 4.90 Å². The largest absolute Gasteiger partial charge is 0.416 e. The summed E-state index contributed by atoms with van der Waals surface area (Å²) in [5, 5.41) is 0. The lowest BCUT2D eigenvalue weighted by Crippen LogP contribution is -2.24. The lowest BCUT2D eigenvalue weighted by atomic mass is 10.1. The van der Waals surface area contributed by atoms with Crippen molar-refractivity contribution < 1.29 is 18.0 Å². The fraction of sp³-hybridized carbons (Fsp3) is 0.350. The number of para-hydroxylation sites is 1. The van der Waals surface area contributed by atoms with Crippen molar-refractivity contribution in [1.29, 1.82) is 0 Å². The SMILES string of the molecule is CN(C)C(=O)CCCCN1c2ccccc2Sc2ccc(C(F)(F)F)cc21. The molecule has 2 aromatic carbocycles. The minimum Gasteiger partial charge on any atom is -0.349 e. The van der Waals surface area contributed by atoms with Gasteiger partial charge in [0.25, 0.3) is 0 Å². The lowest BCUT2D eigenvalue weighted by molar-refractivity contribution is -0.137. The molecule has 1 heterocycles. The average Bonchev–Trinajstić information content (AvgIpc) is 2.62. The van der Waals surface area contributed by atoms with Gasteiger partial charge in [-0.3, -0.25) is 4.79 Å². The van der Waals surface area contributed by atoms with Crippen molar-refractivity contribution in [2.24, 2.45) is 0 Å². The highest BCUT2D eigenvalue weighted by Gasteiger charge is 2.33. The number of anilines is 2. The van der Waals surface area contributed by atoms with Gasteiger partial charge in [-0.2, -0.15) is 13.2 Å². The zero-order valence-corrected chi connectivity index (χ0v) is 16.0. The van der Waals surface area contributed by atoms with Gasteiger partial charge in [0.15, 0.2) is 0 Å². The molecule has 1 amide bonds. The standard InChI is InChI=1S/C20H21F3N2OS/c1-24(2)19(26)9-5-6-12-25-15-7-3-4-8-17(15)27-18-11-10-14(13-16(18)25)20(21,22)23/h3-4,7-8,10-11,13H,5-6,9,12H2,1-2H3. The smallest absolute Gasteiger partial charge is 0.349 e. The van der Waals surface area contributed by atoms with Gasteiger partial charge < -0.3 is 9.80 Å². The number of nitrogens with zero attached hydrogens (tertiary/aromatic N) is 2. The number of halogens is 3. The third kappa shape index (κ3) is 4.40. The number of amides is 1. The molecule has 0 fully saturated rings. The van der Waals surface area contributed by atoms with Crippen LogP contribution in [0.4, 0.5) is 24.5 Å². The van der Waals surface area contributed by atoms with Crippen LogP contribution in [0.25, 0.3) is 0 Å². The molecule has 1 aliphatic heterocycles. The van der Waals surface area contributed by atoms with Gasteiger partial charge in [-0.25, -0.2) is 0 Å². The Balaban J connectivity index is 1.84. The Labute approximate surface area is 161 Å². The first-order valence-corrected chi connectivity index (χ1v) is 9.55. The molecule has 3 nitrogen and oxygen atoms in total. The van der Waals surface area contributed by atoms with Crippen molar-refractivity contribution in [3.8, 4) is 0 Å². The summed E-state index contributed by atoms with van der Waals surface area (Å²) in [5.74, 6) is 0.0596. The Kier molecular flexibility index (Phi) is 5.69. The van der Waals surface area contributed by atoms with Gasteiger partial charge in [-0.15, -0.1) is 0 Å². The van der Waals surface area contributed by atoms with E-state index in [-0.39, 0.29) is 5.91 Å². The summed E-state index contributed by atoms with van der Waals surface area (Å²) in [6, 6.07) is 11.6. The molecular formula is C20H21F3N2OS. The van der Waals surface area contributed by atoms with Crippen LogP contribution in [-0.4, -0.2) is 31.4 Å². The Bertz CT molecular complexity index is 836. The quantitative estimate of drug-likeness (QED) is 0.620. The van der Waals surface area contributed by atoms with Crippen molar-refractivity contribution in [2.75, 3.05) is 25.5 Å². The summed E-state index contributed by atoms with van der Waals surface area (Å²) in [5.41, 5.74) is 0.842. The molecule has 0 N–H and O–H groups in total. The summed E-state index contributed by atoms with van der Waals surface area (Å²) < 4.78 is 39.6. The molecule has 0 saturated heterocycles. The number of alkyl halides is 3. The molecule has 0 radical (unpaired) electrons.